The Labute approximate surface area is 139 Å². The highest BCUT2D eigenvalue weighted by molar-refractivity contribution is 9.10. The van der Waals surface area contributed by atoms with Crippen LogP contribution in [0.1, 0.15) is 0 Å². The van der Waals surface area contributed by atoms with Gasteiger partial charge in [-0.05, 0) is 30.3 Å². The molecule has 0 bridgehead atoms. The fourth-order valence-corrected chi connectivity index (χ4v) is 3.85. The number of nitrogens with two attached hydrogens (primary N) is 1. The molecule has 0 spiro atoms. The largest absolute Gasteiger partial charge is 0.398 e. The fourth-order valence-electron chi connectivity index (χ4n) is 1.59. The Morgan fingerprint density at radius 3 is 2.24 bits per heavy atom. The number of nitrogens with one attached hydrogen (secondary N) is 1. The highest BCUT2D eigenvalue weighted by atomic mass is 79.9. The quantitative estimate of drug-likeness (QED) is 0.737. The van der Waals surface area contributed by atoms with E-state index in [4.69, 9.17) is 28.9 Å². The van der Waals surface area contributed by atoms with E-state index in [1.54, 1.807) is 0 Å². The topological polar surface area (TPSA) is 72.2 Å². The molecule has 4 nitrogen and oxygen atoms in total. The number of nitrogen functional groups attached to an aromatic ring is 1. The zero-order chi connectivity index (χ0) is 15.8. The van der Waals surface area contributed by atoms with Crippen LogP contribution in [-0.4, -0.2) is 8.42 Å². The molecule has 3 N–H and O–H groups in total. The number of sulfonamides is 1. The molecule has 0 amide bonds. The van der Waals surface area contributed by atoms with Crippen molar-refractivity contribution in [3.8, 4) is 0 Å². The molecule has 0 aliphatic rings. The fraction of sp³-hybridized carbons (Fsp3) is 0. The van der Waals surface area contributed by atoms with Gasteiger partial charge in [-0.3, -0.25) is 4.72 Å². The van der Waals surface area contributed by atoms with Crippen molar-refractivity contribution in [1.82, 2.24) is 0 Å². The summed E-state index contributed by atoms with van der Waals surface area (Å²) in [6, 6.07) is 6.21. The first-order valence-electron chi connectivity index (χ1n) is 5.43. The average Bonchev–Trinajstić information content (AvgIpc) is 2.33. The number of hydrogen-bond donors (Lipinski definition) is 2. The molecule has 2 aromatic rings. The van der Waals surface area contributed by atoms with E-state index in [-0.39, 0.29) is 26.3 Å². The van der Waals surface area contributed by atoms with Gasteiger partial charge in [0.2, 0.25) is 0 Å². The zero-order valence-corrected chi connectivity index (χ0v) is 14.1. The van der Waals surface area contributed by atoms with Crippen molar-refractivity contribution in [1.29, 1.82) is 0 Å². The van der Waals surface area contributed by atoms with Gasteiger partial charge in [0.05, 0.1) is 21.4 Å². The van der Waals surface area contributed by atoms with Crippen LogP contribution in [0.4, 0.5) is 15.8 Å². The van der Waals surface area contributed by atoms with Gasteiger partial charge >= 0.3 is 0 Å². The molecule has 0 saturated heterocycles. The van der Waals surface area contributed by atoms with E-state index < -0.39 is 15.8 Å². The Balaban J connectivity index is 2.47. The Kier molecular flexibility index (Phi) is 4.67. The van der Waals surface area contributed by atoms with E-state index >= 15 is 0 Å². The van der Waals surface area contributed by atoms with E-state index in [1.165, 1.54) is 18.2 Å². The lowest BCUT2D eigenvalue weighted by molar-refractivity contribution is 0.601. The van der Waals surface area contributed by atoms with Crippen molar-refractivity contribution in [3.63, 3.8) is 0 Å². The summed E-state index contributed by atoms with van der Waals surface area (Å²) in [7, 11) is -4.01. The molecule has 0 aromatic heterocycles. The summed E-state index contributed by atoms with van der Waals surface area (Å²) in [5, 5.41) is -0.307. The predicted octanol–water partition coefficient (Wildman–Crippen LogP) is 4.28. The third-order valence-electron chi connectivity index (χ3n) is 2.50. The Morgan fingerprint density at radius 2 is 1.71 bits per heavy atom. The van der Waals surface area contributed by atoms with Crippen LogP contribution in [0.3, 0.4) is 0 Å². The van der Waals surface area contributed by atoms with Crippen LogP contribution in [0.5, 0.6) is 0 Å². The number of rotatable bonds is 3. The van der Waals surface area contributed by atoms with E-state index in [9.17, 15) is 12.8 Å². The monoisotopic (exact) mass is 412 g/mol. The minimum absolute atomic E-state index is 0.0474. The molecule has 0 aliphatic carbocycles. The maximum atomic E-state index is 13.1. The van der Waals surface area contributed by atoms with Crippen LogP contribution >= 0.6 is 39.1 Å². The zero-order valence-electron chi connectivity index (χ0n) is 10.2. The lowest BCUT2D eigenvalue weighted by atomic mass is 10.3. The van der Waals surface area contributed by atoms with Crippen molar-refractivity contribution in [3.05, 3.63) is 50.7 Å². The molecule has 0 radical (unpaired) electrons. The van der Waals surface area contributed by atoms with Crippen LogP contribution in [-0.2, 0) is 10.0 Å². The predicted molar refractivity (Wildman–Crippen MR) is 85.8 cm³/mol. The van der Waals surface area contributed by atoms with Crippen molar-refractivity contribution < 1.29 is 12.8 Å². The second kappa shape index (κ2) is 6.00. The summed E-state index contributed by atoms with van der Waals surface area (Å²) in [6.07, 6.45) is 0. The van der Waals surface area contributed by atoms with E-state index in [0.29, 0.717) is 4.47 Å². The van der Waals surface area contributed by atoms with Crippen LogP contribution in [0.2, 0.25) is 10.0 Å². The van der Waals surface area contributed by atoms with Gasteiger partial charge in [0, 0.05) is 4.47 Å². The van der Waals surface area contributed by atoms with Gasteiger partial charge in [0.25, 0.3) is 10.0 Å². The van der Waals surface area contributed by atoms with E-state index in [0.717, 1.165) is 12.1 Å². The van der Waals surface area contributed by atoms with Crippen LogP contribution < -0.4 is 10.5 Å². The molecule has 0 saturated carbocycles. The number of halogens is 4. The van der Waals surface area contributed by atoms with Crippen molar-refractivity contribution >= 4 is 60.5 Å². The molecule has 2 rings (SSSR count). The first kappa shape index (κ1) is 16.4. The van der Waals surface area contributed by atoms with Gasteiger partial charge in [0.1, 0.15) is 10.7 Å². The average molecular weight is 414 g/mol. The van der Waals surface area contributed by atoms with Gasteiger partial charge in [-0.25, -0.2) is 12.8 Å². The maximum absolute atomic E-state index is 13.1. The van der Waals surface area contributed by atoms with Crippen LogP contribution in [0.15, 0.2) is 39.7 Å². The smallest absolute Gasteiger partial charge is 0.264 e. The number of anilines is 2. The van der Waals surface area contributed by atoms with Crippen molar-refractivity contribution in [2.75, 3.05) is 10.5 Å². The molecule has 21 heavy (non-hydrogen) atoms. The lowest BCUT2D eigenvalue weighted by Gasteiger charge is -2.13. The highest BCUT2D eigenvalue weighted by Crippen LogP contribution is 2.34. The first-order valence-corrected chi connectivity index (χ1v) is 8.46. The standard InChI is InChI=1S/C12H8BrCl2FN2O2S/c13-6-1-2-11(10(17)3-6)21(19,20)18-12-8(14)4-7(16)5-9(12)15/h1-5,18H,17H2. The summed E-state index contributed by atoms with van der Waals surface area (Å²) in [4.78, 5) is -0.137. The minimum Gasteiger partial charge on any atom is -0.398 e. The molecule has 9 heteroatoms. The maximum Gasteiger partial charge on any atom is 0.264 e. The minimum atomic E-state index is -4.01. The summed E-state index contributed by atoms with van der Waals surface area (Å²) < 4.78 is 40.6. The van der Waals surface area contributed by atoms with Gasteiger partial charge in [-0.15, -0.1) is 0 Å². The Morgan fingerprint density at radius 1 is 1.14 bits per heavy atom. The highest BCUT2D eigenvalue weighted by Gasteiger charge is 2.21. The molecule has 0 fully saturated rings. The van der Waals surface area contributed by atoms with E-state index in [1.807, 2.05) is 0 Å². The Bertz CT molecular complexity index is 792. The Hall–Kier alpha value is -1.02. The van der Waals surface area contributed by atoms with Crippen LogP contribution in [0, 0.1) is 5.82 Å². The first-order chi connectivity index (χ1) is 9.70. The molecular weight excluding hydrogens is 406 g/mol. The normalized spacial score (nSPS) is 11.4. The van der Waals surface area contributed by atoms with Crippen molar-refractivity contribution in [2.45, 2.75) is 4.90 Å². The molecule has 112 valence electrons. The SMILES string of the molecule is Nc1cc(Br)ccc1S(=O)(=O)Nc1c(Cl)cc(F)cc1Cl. The second-order valence-corrected chi connectivity index (χ2v) is 7.41. The number of hydrogen-bond acceptors (Lipinski definition) is 3. The van der Waals surface area contributed by atoms with Gasteiger partial charge in [-0.2, -0.15) is 0 Å². The summed E-state index contributed by atoms with van der Waals surface area (Å²) in [5.74, 6) is -0.670. The molecule has 0 heterocycles. The molecular formula is C12H8BrCl2FN2O2S. The second-order valence-electron chi connectivity index (χ2n) is 4.03. The lowest BCUT2D eigenvalue weighted by Crippen LogP contribution is -2.15. The summed E-state index contributed by atoms with van der Waals surface area (Å²) >= 11 is 14.8. The van der Waals surface area contributed by atoms with E-state index in [2.05, 4.69) is 20.7 Å². The molecule has 0 unspecified atom stereocenters. The van der Waals surface area contributed by atoms with Gasteiger partial charge in [0.15, 0.2) is 0 Å². The van der Waals surface area contributed by atoms with Crippen LogP contribution in [0.25, 0.3) is 0 Å². The number of benzene rings is 2. The summed E-state index contributed by atoms with van der Waals surface area (Å²) in [5.41, 5.74) is 5.62. The molecule has 0 aliphatic heterocycles. The third kappa shape index (κ3) is 3.60. The third-order valence-corrected chi connectivity index (χ3v) is 5.02. The van der Waals surface area contributed by atoms with Crippen molar-refractivity contribution in [2.24, 2.45) is 0 Å². The molecule has 2 aromatic carbocycles. The van der Waals surface area contributed by atoms with Gasteiger partial charge < -0.3 is 5.73 Å². The van der Waals surface area contributed by atoms with Gasteiger partial charge in [-0.1, -0.05) is 39.1 Å². The molecule has 0 atom stereocenters. The summed E-state index contributed by atoms with van der Waals surface area (Å²) in [6.45, 7) is 0.